The number of carbonyl (C=O) groups is 1. The lowest BCUT2D eigenvalue weighted by molar-refractivity contribution is -0.136. The highest BCUT2D eigenvalue weighted by molar-refractivity contribution is 7.09. The Bertz CT molecular complexity index is 525. The molecular formula is C11H14N6OS. The van der Waals surface area contributed by atoms with Gasteiger partial charge in [0.25, 0.3) is 0 Å². The normalized spacial score (nSPS) is 19.6. The highest BCUT2D eigenvalue weighted by Crippen LogP contribution is 2.32. The van der Waals surface area contributed by atoms with E-state index in [1.54, 1.807) is 17.5 Å². The molecule has 0 aromatic carbocycles. The van der Waals surface area contributed by atoms with Crippen LogP contribution in [0.15, 0.2) is 17.9 Å². The summed E-state index contributed by atoms with van der Waals surface area (Å²) < 4.78 is 1.45. The summed E-state index contributed by atoms with van der Waals surface area (Å²) in [5.41, 5.74) is 0. The van der Waals surface area contributed by atoms with Crippen molar-refractivity contribution in [3.8, 4) is 0 Å². The maximum atomic E-state index is 12.4. The number of hydrogen-bond donors (Lipinski definition) is 0. The fourth-order valence-electron chi connectivity index (χ4n) is 2.37. The van der Waals surface area contributed by atoms with Gasteiger partial charge in [-0.2, -0.15) is 0 Å². The van der Waals surface area contributed by atoms with Gasteiger partial charge in [-0.3, -0.25) is 4.79 Å². The quantitative estimate of drug-likeness (QED) is 0.833. The number of rotatable bonds is 3. The van der Waals surface area contributed by atoms with Crippen LogP contribution in [0.1, 0.15) is 30.3 Å². The van der Waals surface area contributed by atoms with E-state index in [0.717, 1.165) is 30.8 Å². The number of amides is 1. The molecule has 2 aromatic heterocycles. The first-order chi connectivity index (χ1) is 9.34. The molecule has 7 nitrogen and oxygen atoms in total. The number of tetrazole rings is 1. The summed E-state index contributed by atoms with van der Waals surface area (Å²) in [5, 5.41) is 13.8. The molecule has 8 heteroatoms. The van der Waals surface area contributed by atoms with Crippen LogP contribution in [-0.2, 0) is 11.3 Å². The zero-order chi connectivity index (χ0) is 13.1. The molecule has 1 saturated heterocycles. The van der Waals surface area contributed by atoms with Crippen molar-refractivity contribution in [3.63, 3.8) is 0 Å². The molecular weight excluding hydrogens is 264 g/mol. The summed E-state index contributed by atoms with van der Waals surface area (Å²) in [4.78, 5) is 18.6. The molecule has 1 aliphatic heterocycles. The van der Waals surface area contributed by atoms with Gasteiger partial charge in [0.15, 0.2) is 0 Å². The minimum absolute atomic E-state index is 0.0483. The molecule has 1 atom stereocenters. The molecule has 0 spiro atoms. The molecule has 0 unspecified atom stereocenters. The molecule has 2 aromatic rings. The molecule has 1 aliphatic rings. The van der Waals surface area contributed by atoms with E-state index in [0.29, 0.717) is 0 Å². The maximum Gasteiger partial charge on any atom is 0.245 e. The average Bonchev–Trinajstić information content (AvgIpc) is 3.11. The Morgan fingerprint density at radius 1 is 1.47 bits per heavy atom. The van der Waals surface area contributed by atoms with Gasteiger partial charge in [-0.1, -0.05) is 0 Å². The topological polar surface area (TPSA) is 76.8 Å². The first-order valence-electron chi connectivity index (χ1n) is 6.24. The monoisotopic (exact) mass is 278 g/mol. The second-order valence-corrected chi connectivity index (χ2v) is 5.40. The lowest BCUT2D eigenvalue weighted by atomic mass is 10.0. The lowest BCUT2D eigenvalue weighted by Crippen LogP contribution is -2.40. The largest absolute Gasteiger partial charge is 0.332 e. The summed E-state index contributed by atoms with van der Waals surface area (Å²) in [6.45, 7) is 0.972. The van der Waals surface area contributed by atoms with Gasteiger partial charge in [0.1, 0.15) is 17.9 Å². The SMILES string of the molecule is O=C(Cn1cnnn1)N1CCCC[C@@H]1c1nccs1. The van der Waals surface area contributed by atoms with Crippen LogP contribution < -0.4 is 0 Å². The highest BCUT2D eigenvalue weighted by atomic mass is 32.1. The molecule has 0 saturated carbocycles. The van der Waals surface area contributed by atoms with Crippen molar-refractivity contribution in [2.45, 2.75) is 31.8 Å². The average molecular weight is 278 g/mol. The van der Waals surface area contributed by atoms with Crippen LogP contribution in [-0.4, -0.2) is 42.5 Å². The van der Waals surface area contributed by atoms with Crippen molar-refractivity contribution in [3.05, 3.63) is 22.9 Å². The third kappa shape index (κ3) is 2.62. The summed E-state index contributed by atoms with van der Waals surface area (Å²) in [6, 6.07) is 0.109. The minimum Gasteiger partial charge on any atom is -0.332 e. The summed E-state index contributed by atoms with van der Waals surface area (Å²) >= 11 is 1.61. The first kappa shape index (κ1) is 12.2. The third-order valence-electron chi connectivity index (χ3n) is 3.25. The fraction of sp³-hybridized carbons (Fsp3) is 0.545. The summed E-state index contributed by atoms with van der Waals surface area (Å²) in [6.07, 6.45) is 6.41. The summed E-state index contributed by atoms with van der Waals surface area (Å²) in [5.74, 6) is 0.0483. The predicted molar refractivity (Wildman–Crippen MR) is 68.2 cm³/mol. The number of thiazole rings is 1. The van der Waals surface area contributed by atoms with E-state index < -0.39 is 0 Å². The van der Waals surface area contributed by atoms with Gasteiger partial charge in [-0.15, -0.1) is 16.4 Å². The number of hydrogen-bond acceptors (Lipinski definition) is 6. The number of aromatic nitrogens is 5. The Labute approximate surface area is 114 Å². The van der Waals surface area contributed by atoms with Crippen LogP contribution in [0.5, 0.6) is 0 Å². The lowest BCUT2D eigenvalue weighted by Gasteiger charge is -2.34. The molecule has 0 N–H and O–H groups in total. The number of carbonyl (C=O) groups excluding carboxylic acids is 1. The minimum atomic E-state index is 0.0483. The van der Waals surface area contributed by atoms with Gasteiger partial charge in [-0.25, -0.2) is 9.67 Å². The van der Waals surface area contributed by atoms with Crippen molar-refractivity contribution >= 4 is 17.2 Å². The van der Waals surface area contributed by atoms with Crippen LogP contribution in [0, 0.1) is 0 Å². The van der Waals surface area contributed by atoms with E-state index in [2.05, 4.69) is 20.5 Å². The molecule has 1 amide bonds. The Morgan fingerprint density at radius 3 is 3.16 bits per heavy atom. The van der Waals surface area contributed by atoms with Gasteiger partial charge in [0.05, 0.1) is 6.04 Å². The van der Waals surface area contributed by atoms with Crippen molar-refractivity contribution in [1.82, 2.24) is 30.1 Å². The van der Waals surface area contributed by atoms with Crippen molar-refractivity contribution in [2.75, 3.05) is 6.54 Å². The molecule has 1 fully saturated rings. The van der Waals surface area contributed by atoms with Crippen LogP contribution in [0.25, 0.3) is 0 Å². The molecule has 19 heavy (non-hydrogen) atoms. The van der Waals surface area contributed by atoms with Gasteiger partial charge in [0, 0.05) is 18.1 Å². The van der Waals surface area contributed by atoms with Gasteiger partial charge in [-0.05, 0) is 29.7 Å². The Balaban J connectivity index is 1.75. The standard InChI is InChI=1S/C11H14N6OS/c18-10(7-16-8-13-14-15-16)17-5-2-1-3-9(17)11-12-4-6-19-11/h4,6,8-9H,1-3,5,7H2/t9-/m1/s1. The molecule has 0 aliphatic carbocycles. The number of piperidine rings is 1. The smallest absolute Gasteiger partial charge is 0.245 e. The third-order valence-corrected chi connectivity index (χ3v) is 4.13. The van der Waals surface area contributed by atoms with E-state index in [-0.39, 0.29) is 18.5 Å². The predicted octanol–water partition coefficient (Wildman–Crippen LogP) is 0.883. The van der Waals surface area contributed by atoms with E-state index in [9.17, 15) is 4.79 Å². The van der Waals surface area contributed by atoms with E-state index in [1.165, 1.54) is 11.0 Å². The van der Waals surface area contributed by atoms with E-state index in [1.807, 2.05) is 10.3 Å². The second kappa shape index (κ2) is 5.43. The molecule has 100 valence electrons. The molecule has 0 radical (unpaired) electrons. The van der Waals surface area contributed by atoms with Crippen LogP contribution in [0.2, 0.25) is 0 Å². The molecule has 0 bridgehead atoms. The van der Waals surface area contributed by atoms with Gasteiger partial charge in [0.2, 0.25) is 5.91 Å². The zero-order valence-corrected chi connectivity index (χ0v) is 11.2. The van der Waals surface area contributed by atoms with E-state index >= 15 is 0 Å². The second-order valence-electron chi connectivity index (χ2n) is 4.48. The van der Waals surface area contributed by atoms with Crippen LogP contribution in [0.4, 0.5) is 0 Å². The van der Waals surface area contributed by atoms with Crippen molar-refractivity contribution in [2.24, 2.45) is 0 Å². The highest BCUT2D eigenvalue weighted by Gasteiger charge is 2.29. The number of likely N-dealkylation sites (tertiary alicyclic amines) is 1. The number of nitrogens with zero attached hydrogens (tertiary/aromatic N) is 6. The first-order valence-corrected chi connectivity index (χ1v) is 7.12. The Kier molecular flexibility index (Phi) is 3.49. The fourth-order valence-corrected chi connectivity index (χ4v) is 3.15. The zero-order valence-electron chi connectivity index (χ0n) is 10.3. The Morgan fingerprint density at radius 2 is 2.42 bits per heavy atom. The van der Waals surface area contributed by atoms with Crippen molar-refractivity contribution in [1.29, 1.82) is 0 Å². The van der Waals surface area contributed by atoms with E-state index in [4.69, 9.17) is 0 Å². The van der Waals surface area contributed by atoms with Crippen LogP contribution >= 0.6 is 11.3 Å². The van der Waals surface area contributed by atoms with Crippen LogP contribution in [0.3, 0.4) is 0 Å². The molecule has 3 heterocycles. The maximum absolute atomic E-state index is 12.4. The van der Waals surface area contributed by atoms with Gasteiger partial charge >= 0.3 is 0 Å². The summed E-state index contributed by atoms with van der Waals surface area (Å²) in [7, 11) is 0. The molecule has 3 rings (SSSR count). The van der Waals surface area contributed by atoms with Crippen molar-refractivity contribution < 1.29 is 4.79 Å². The van der Waals surface area contributed by atoms with Gasteiger partial charge < -0.3 is 4.90 Å². The Hall–Kier alpha value is -1.83.